The average molecular weight is 259 g/mol. The van der Waals surface area contributed by atoms with Gasteiger partial charge in [-0.2, -0.15) is 0 Å². The zero-order valence-corrected chi connectivity index (χ0v) is 11.4. The molecule has 2 fully saturated rings. The molecule has 3 rings (SSSR count). The molecule has 0 radical (unpaired) electrons. The van der Waals surface area contributed by atoms with Crippen LogP contribution in [0.3, 0.4) is 0 Å². The molecule has 1 N–H and O–H groups in total. The molecule has 0 bridgehead atoms. The normalized spacial score (nSPS) is 19.4. The van der Waals surface area contributed by atoms with Gasteiger partial charge < -0.3 is 10.2 Å². The largest absolute Gasteiger partial charge is 0.367 e. The second kappa shape index (κ2) is 5.19. The van der Waals surface area contributed by atoms with Crippen LogP contribution in [0.25, 0.3) is 0 Å². The summed E-state index contributed by atoms with van der Waals surface area (Å²) in [6, 6.07) is 4.55. The Morgan fingerprint density at radius 1 is 1.26 bits per heavy atom. The van der Waals surface area contributed by atoms with Crippen LogP contribution in [0.5, 0.6) is 0 Å². The van der Waals surface area contributed by atoms with E-state index in [2.05, 4.69) is 10.3 Å². The number of carbonyl (C=O) groups is 1. The number of nitrogens with one attached hydrogen (secondary N) is 1. The fourth-order valence-electron chi connectivity index (χ4n) is 2.68. The average Bonchev–Trinajstić information content (AvgIpc) is 3.08. The van der Waals surface area contributed by atoms with Gasteiger partial charge in [-0.1, -0.05) is 12.8 Å². The lowest BCUT2D eigenvalue weighted by atomic mass is 10.1. The van der Waals surface area contributed by atoms with Crippen molar-refractivity contribution in [2.24, 2.45) is 5.92 Å². The zero-order valence-electron chi connectivity index (χ0n) is 11.4. The number of anilines is 2. The molecule has 1 aromatic heterocycles. The smallest absolute Gasteiger partial charge is 0.229 e. The van der Waals surface area contributed by atoms with E-state index in [4.69, 9.17) is 0 Å². The minimum atomic E-state index is 0.217. The summed E-state index contributed by atoms with van der Waals surface area (Å²) < 4.78 is 0. The number of pyridine rings is 1. The summed E-state index contributed by atoms with van der Waals surface area (Å²) in [4.78, 5) is 18.4. The predicted molar refractivity (Wildman–Crippen MR) is 76.2 cm³/mol. The molecule has 2 aliphatic rings. The van der Waals surface area contributed by atoms with E-state index in [-0.39, 0.29) is 11.8 Å². The summed E-state index contributed by atoms with van der Waals surface area (Å²) in [6.45, 7) is 0. The lowest BCUT2D eigenvalue weighted by molar-refractivity contribution is -0.121. The molecule has 102 valence electrons. The van der Waals surface area contributed by atoms with Crippen molar-refractivity contribution in [3.63, 3.8) is 0 Å². The Labute approximate surface area is 114 Å². The van der Waals surface area contributed by atoms with E-state index in [1.807, 2.05) is 19.2 Å². The second-order valence-electron chi connectivity index (χ2n) is 5.70. The Kier molecular flexibility index (Phi) is 3.40. The highest BCUT2D eigenvalue weighted by atomic mass is 16.2. The van der Waals surface area contributed by atoms with Crippen LogP contribution in [0, 0.1) is 5.92 Å². The molecule has 4 nitrogen and oxygen atoms in total. The third kappa shape index (κ3) is 2.88. The SMILES string of the molecule is CN(C(=O)C1CCCC1)c1ccc(NC2CC2)nc1. The monoisotopic (exact) mass is 259 g/mol. The Bertz CT molecular complexity index is 447. The van der Waals surface area contributed by atoms with E-state index in [1.54, 1.807) is 11.1 Å². The highest BCUT2D eigenvalue weighted by Crippen LogP contribution is 2.28. The Balaban J connectivity index is 1.64. The van der Waals surface area contributed by atoms with Crippen LogP contribution in [0.15, 0.2) is 18.3 Å². The number of hydrogen-bond acceptors (Lipinski definition) is 3. The van der Waals surface area contributed by atoms with Crippen molar-refractivity contribution >= 4 is 17.4 Å². The molecule has 0 aromatic carbocycles. The lowest BCUT2D eigenvalue weighted by Crippen LogP contribution is -2.31. The van der Waals surface area contributed by atoms with Crippen molar-refractivity contribution in [3.8, 4) is 0 Å². The Morgan fingerprint density at radius 3 is 2.58 bits per heavy atom. The van der Waals surface area contributed by atoms with Gasteiger partial charge in [0.05, 0.1) is 11.9 Å². The van der Waals surface area contributed by atoms with Gasteiger partial charge >= 0.3 is 0 Å². The van der Waals surface area contributed by atoms with Crippen LogP contribution in [0.4, 0.5) is 11.5 Å². The maximum absolute atomic E-state index is 12.3. The highest BCUT2D eigenvalue weighted by Gasteiger charge is 2.26. The van der Waals surface area contributed by atoms with E-state index in [9.17, 15) is 4.79 Å². The first-order valence-electron chi connectivity index (χ1n) is 7.24. The Morgan fingerprint density at radius 2 is 2.00 bits per heavy atom. The number of amides is 1. The molecule has 19 heavy (non-hydrogen) atoms. The lowest BCUT2D eigenvalue weighted by Gasteiger charge is -2.21. The van der Waals surface area contributed by atoms with Crippen molar-refractivity contribution in [3.05, 3.63) is 18.3 Å². The van der Waals surface area contributed by atoms with Crippen molar-refractivity contribution < 1.29 is 4.79 Å². The number of hydrogen-bond donors (Lipinski definition) is 1. The molecule has 0 unspecified atom stereocenters. The van der Waals surface area contributed by atoms with Gasteiger partial charge in [0.2, 0.25) is 5.91 Å². The molecule has 2 saturated carbocycles. The molecule has 1 amide bonds. The van der Waals surface area contributed by atoms with E-state index in [1.165, 1.54) is 25.7 Å². The quantitative estimate of drug-likeness (QED) is 0.904. The molecule has 2 aliphatic carbocycles. The maximum Gasteiger partial charge on any atom is 0.229 e. The second-order valence-corrected chi connectivity index (χ2v) is 5.70. The first kappa shape index (κ1) is 12.5. The fourth-order valence-corrected chi connectivity index (χ4v) is 2.68. The predicted octanol–water partition coefficient (Wildman–Crippen LogP) is 2.81. The van der Waals surface area contributed by atoms with Crippen LogP contribution < -0.4 is 10.2 Å². The first-order chi connectivity index (χ1) is 9.24. The molecule has 0 saturated heterocycles. The number of nitrogens with zero attached hydrogens (tertiary/aromatic N) is 2. The highest BCUT2D eigenvalue weighted by molar-refractivity contribution is 5.94. The zero-order chi connectivity index (χ0) is 13.2. The van der Waals surface area contributed by atoms with Gasteiger partial charge in [-0.05, 0) is 37.8 Å². The molecular weight excluding hydrogens is 238 g/mol. The molecule has 1 heterocycles. The maximum atomic E-state index is 12.3. The van der Waals surface area contributed by atoms with E-state index < -0.39 is 0 Å². The number of aromatic nitrogens is 1. The summed E-state index contributed by atoms with van der Waals surface area (Å²) in [5.41, 5.74) is 0.887. The van der Waals surface area contributed by atoms with Gasteiger partial charge in [0.25, 0.3) is 0 Å². The van der Waals surface area contributed by atoms with Gasteiger partial charge in [-0.25, -0.2) is 4.98 Å². The van der Waals surface area contributed by atoms with Gasteiger partial charge in [0.1, 0.15) is 5.82 Å². The van der Waals surface area contributed by atoms with Crippen molar-refractivity contribution in [2.75, 3.05) is 17.3 Å². The molecule has 1 aromatic rings. The standard InChI is InChI=1S/C15H21N3O/c1-18(15(19)11-4-2-3-5-11)13-8-9-14(16-10-13)17-12-6-7-12/h8-12H,2-7H2,1H3,(H,16,17). The fraction of sp³-hybridized carbons (Fsp3) is 0.600. The van der Waals surface area contributed by atoms with Gasteiger partial charge in [0, 0.05) is 19.0 Å². The summed E-state index contributed by atoms with van der Waals surface area (Å²) in [6.07, 6.45) is 8.72. The van der Waals surface area contributed by atoms with Crippen molar-refractivity contribution in [1.82, 2.24) is 4.98 Å². The molecule has 0 atom stereocenters. The first-order valence-corrected chi connectivity index (χ1v) is 7.24. The topological polar surface area (TPSA) is 45.2 Å². The van der Waals surface area contributed by atoms with E-state index >= 15 is 0 Å². The third-order valence-electron chi connectivity index (χ3n) is 4.10. The number of carbonyl (C=O) groups excluding carboxylic acids is 1. The third-order valence-corrected chi connectivity index (χ3v) is 4.10. The van der Waals surface area contributed by atoms with Gasteiger partial charge in [0.15, 0.2) is 0 Å². The van der Waals surface area contributed by atoms with Gasteiger partial charge in [-0.3, -0.25) is 4.79 Å². The summed E-state index contributed by atoms with van der Waals surface area (Å²) in [5.74, 6) is 1.37. The molecule has 4 heteroatoms. The summed E-state index contributed by atoms with van der Waals surface area (Å²) >= 11 is 0. The van der Waals surface area contributed by atoms with Gasteiger partial charge in [-0.15, -0.1) is 0 Å². The van der Waals surface area contributed by atoms with E-state index in [0.29, 0.717) is 6.04 Å². The van der Waals surface area contributed by atoms with Crippen LogP contribution in [-0.2, 0) is 4.79 Å². The van der Waals surface area contributed by atoms with Crippen LogP contribution in [0.2, 0.25) is 0 Å². The minimum absolute atomic E-state index is 0.217. The Hall–Kier alpha value is -1.58. The summed E-state index contributed by atoms with van der Waals surface area (Å²) in [5, 5.41) is 3.35. The van der Waals surface area contributed by atoms with Crippen molar-refractivity contribution in [2.45, 2.75) is 44.6 Å². The minimum Gasteiger partial charge on any atom is -0.367 e. The summed E-state index contributed by atoms with van der Waals surface area (Å²) in [7, 11) is 1.85. The van der Waals surface area contributed by atoms with E-state index in [0.717, 1.165) is 24.3 Å². The van der Waals surface area contributed by atoms with Crippen LogP contribution >= 0.6 is 0 Å². The van der Waals surface area contributed by atoms with Crippen LogP contribution in [0.1, 0.15) is 38.5 Å². The molecular formula is C15H21N3O. The number of rotatable bonds is 4. The molecule has 0 aliphatic heterocycles. The van der Waals surface area contributed by atoms with Crippen molar-refractivity contribution in [1.29, 1.82) is 0 Å². The molecule has 0 spiro atoms. The van der Waals surface area contributed by atoms with Crippen LogP contribution in [-0.4, -0.2) is 24.0 Å².